The molecule has 1 aliphatic carbocycles. The summed E-state index contributed by atoms with van der Waals surface area (Å²) in [6, 6.07) is 12.1. The fraction of sp³-hybridized carbons (Fsp3) is 0.333. The van der Waals surface area contributed by atoms with E-state index in [2.05, 4.69) is 0 Å². The lowest BCUT2D eigenvalue weighted by atomic mass is 9.98. The van der Waals surface area contributed by atoms with Gasteiger partial charge in [-0.1, -0.05) is 48.5 Å². The standard InChI is InChI=1S/C21H17F6NO4/c22-20(23,24)17(21(25,26)27)9-16(18(29)30)28-19(31)32-10-15-13-7-3-1-5-11(13)12-6-2-4-8-14(12)15/h1-8,15-17H,9-10H2,(H,28,31)(H,29,30). The van der Waals surface area contributed by atoms with Crippen molar-refractivity contribution in [3.63, 3.8) is 0 Å². The van der Waals surface area contributed by atoms with Crippen LogP contribution < -0.4 is 5.32 Å². The number of carbonyl (C=O) groups excluding carboxylic acids is 1. The SMILES string of the molecule is O=C(NC(CC(C(F)(F)F)C(F)(F)F)C(=O)O)OCC1c2ccccc2-c2ccccc21. The Balaban J connectivity index is 1.70. The van der Waals surface area contributed by atoms with Gasteiger partial charge in [-0.3, -0.25) is 0 Å². The van der Waals surface area contributed by atoms with Gasteiger partial charge in [0.2, 0.25) is 0 Å². The molecule has 0 saturated heterocycles. The van der Waals surface area contributed by atoms with Crippen molar-refractivity contribution < 1.29 is 45.8 Å². The van der Waals surface area contributed by atoms with Crippen molar-refractivity contribution in [3.8, 4) is 11.1 Å². The van der Waals surface area contributed by atoms with E-state index in [1.165, 1.54) is 0 Å². The minimum Gasteiger partial charge on any atom is -0.480 e. The van der Waals surface area contributed by atoms with Crippen molar-refractivity contribution in [1.29, 1.82) is 0 Å². The van der Waals surface area contributed by atoms with E-state index >= 15 is 0 Å². The van der Waals surface area contributed by atoms with Gasteiger partial charge in [0.1, 0.15) is 12.6 Å². The molecular formula is C21H17F6NO4. The normalized spacial score (nSPS) is 14.6. The zero-order chi connectivity index (χ0) is 23.7. The smallest absolute Gasteiger partial charge is 0.407 e. The fourth-order valence-corrected chi connectivity index (χ4v) is 3.69. The summed E-state index contributed by atoms with van der Waals surface area (Å²) >= 11 is 0. The maximum atomic E-state index is 12.8. The third kappa shape index (κ3) is 4.97. The molecule has 0 aliphatic heterocycles. The number of carboxylic acid groups (broad SMARTS) is 1. The zero-order valence-corrected chi connectivity index (χ0v) is 16.2. The van der Waals surface area contributed by atoms with E-state index < -0.39 is 48.7 Å². The van der Waals surface area contributed by atoms with Crippen molar-refractivity contribution in [2.45, 2.75) is 30.7 Å². The van der Waals surface area contributed by atoms with Crippen LogP contribution in [0.15, 0.2) is 48.5 Å². The quantitative estimate of drug-likeness (QED) is 0.587. The van der Waals surface area contributed by atoms with E-state index in [1.807, 2.05) is 24.3 Å². The third-order valence-corrected chi connectivity index (χ3v) is 5.20. The molecule has 0 saturated carbocycles. The molecule has 172 valence electrons. The van der Waals surface area contributed by atoms with Crippen molar-refractivity contribution in [2.75, 3.05) is 6.61 Å². The molecule has 0 radical (unpaired) electrons. The summed E-state index contributed by atoms with van der Waals surface area (Å²) in [5.41, 5.74) is 3.45. The highest BCUT2D eigenvalue weighted by Gasteiger charge is 2.57. The lowest BCUT2D eigenvalue weighted by molar-refractivity contribution is -0.286. The minimum absolute atomic E-state index is 0.284. The number of fused-ring (bicyclic) bond motifs is 3. The van der Waals surface area contributed by atoms with Gasteiger partial charge in [0.15, 0.2) is 5.92 Å². The first kappa shape index (κ1) is 23.4. The largest absolute Gasteiger partial charge is 0.480 e. The van der Waals surface area contributed by atoms with E-state index in [-0.39, 0.29) is 6.61 Å². The third-order valence-electron chi connectivity index (χ3n) is 5.20. The first-order chi connectivity index (χ1) is 14.9. The number of alkyl carbamates (subject to hydrolysis) is 1. The number of alkyl halides is 6. The van der Waals surface area contributed by atoms with Gasteiger partial charge in [0.25, 0.3) is 0 Å². The van der Waals surface area contributed by atoms with Crippen molar-refractivity contribution in [2.24, 2.45) is 5.92 Å². The van der Waals surface area contributed by atoms with Crippen molar-refractivity contribution in [1.82, 2.24) is 5.32 Å². The fourth-order valence-electron chi connectivity index (χ4n) is 3.69. The Hall–Kier alpha value is -3.24. The Morgan fingerprint density at radius 1 is 0.906 bits per heavy atom. The molecule has 0 fully saturated rings. The first-order valence-electron chi connectivity index (χ1n) is 9.37. The van der Waals surface area contributed by atoms with E-state index in [0.29, 0.717) is 0 Å². The number of rotatable bonds is 6. The maximum Gasteiger partial charge on any atom is 0.407 e. The Morgan fingerprint density at radius 2 is 1.38 bits per heavy atom. The molecule has 1 amide bonds. The zero-order valence-electron chi connectivity index (χ0n) is 16.2. The number of ether oxygens (including phenoxy) is 1. The Bertz CT molecular complexity index is 945. The van der Waals surface area contributed by atoms with Crippen LogP contribution in [-0.2, 0) is 9.53 Å². The van der Waals surface area contributed by atoms with Gasteiger partial charge in [-0.2, -0.15) is 26.3 Å². The Kier molecular flexibility index (Phi) is 6.38. The predicted octanol–water partition coefficient (Wildman–Crippen LogP) is 5.11. The highest BCUT2D eigenvalue weighted by atomic mass is 19.4. The van der Waals surface area contributed by atoms with E-state index in [0.717, 1.165) is 22.3 Å². The molecule has 2 aromatic rings. The van der Waals surface area contributed by atoms with Crippen LogP contribution in [0.25, 0.3) is 11.1 Å². The molecule has 5 nitrogen and oxygen atoms in total. The van der Waals surface area contributed by atoms with Crippen LogP contribution in [0.3, 0.4) is 0 Å². The average molecular weight is 461 g/mol. The van der Waals surface area contributed by atoms with E-state index in [4.69, 9.17) is 9.84 Å². The van der Waals surface area contributed by atoms with Crippen LogP contribution in [0.2, 0.25) is 0 Å². The van der Waals surface area contributed by atoms with Gasteiger partial charge in [0, 0.05) is 5.92 Å². The molecule has 0 aromatic heterocycles. The minimum atomic E-state index is -5.73. The number of amides is 1. The summed E-state index contributed by atoms with van der Waals surface area (Å²) in [4.78, 5) is 23.3. The Morgan fingerprint density at radius 3 is 1.81 bits per heavy atom. The lowest BCUT2D eigenvalue weighted by Crippen LogP contribution is -2.47. The molecule has 32 heavy (non-hydrogen) atoms. The lowest BCUT2D eigenvalue weighted by Gasteiger charge is -2.26. The van der Waals surface area contributed by atoms with E-state index in [9.17, 15) is 35.9 Å². The van der Waals surface area contributed by atoms with Gasteiger partial charge in [-0.15, -0.1) is 0 Å². The molecule has 2 aromatic carbocycles. The van der Waals surface area contributed by atoms with Crippen molar-refractivity contribution >= 4 is 12.1 Å². The number of carboxylic acids is 1. The Labute approximate surface area is 178 Å². The molecule has 0 heterocycles. The molecule has 1 aliphatic rings. The number of benzene rings is 2. The molecule has 2 N–H and O–H groups in total. The van der Waals surface area contributed by atoms with Crippen LogP contribution in [0.5, 0.6) is 0 Å². The highest BCUT2D eigenvalue weighted by Crippen LogP contribution is 2.45. The summed E-state index contributed by atoms with van der Waals surface area (Å²) in [7, 11) is 0. The maximum absolute atomic E-state index is 12.8. The van der Waals surface area contributed by atoms with Gasteiger partial charge < -0.3 is 15.2 Å². The summed E-state index contributed by atoms with van der Waals surface area (Å²) < 4.78 is 81.5. The number of aliphatic carboxylic acids is 1. The van der Waals surface area contributed by atoms with Crippen LogP contribution in [0.1, 0.15) is 23.5 Å². The second-order valence-corrected chi connectivity index (χ2v) is 7.23. The monoisotopic (exact) mass is 461 g/mol. The van der Waals surface area contributed by atoms with Gasteiger partial charge in [0.05, 0.1) is 0 Å². The molecule has 3 rings (SSSR count). The molecule has 1 atom stereocenters. The van der Waals surface area contributed by atoms with Crippen molar-refractivity contribution in [3.05, 3.63) is 59.7 Å². The second kappa shape index (κ2) is 8.71. The molecular weight excluding hydrogens is 444 g/mol. The summed E-state index contributed by atoms with van der Waals surface area (Å²) in [6.07, 6.45) is -14.8. The summed E-state index contributed by atoms with van der Waals surface area (Å²) in [5, 5.41) is 10.6. The van der Waals surface area contributed by atoms with Crippen LogP contribution in [-0.4, -0.2) is 42.2 Å². The molecule has 1 unspecified atom stereocenters. The van der Waals surface area contributed by atoms with Crippen LogP contribution >= 0.6 is 0 Å². The average Bonchev–Trinajstić information content (AvgIpc) is 3.01. The summed E-state index contributed by atoms with van der Waals surface area (Å²) in [5.74, 6) is -6.38. The van der Waals surface area contributed by atoms with Crippen LogP contribution in [0, 0.1) is 5.92 Å². The van der Waals surface area contributed by atoms with Crippen LogP contribution in [0.4, 0.5) is 31.1 Å². The van der Waals surface area contributed by atoms with Gasteiger partial charge >= 0.3 is 24.4 Å². The molecule has 0 bridgehead atoms. The second-order valence-electron chi connectivity index (χ2n) is 7.23. The van der Waals surface area contributed by atoms with Gasteiger partial charge in [-0.05, 0) is 28.7 Å². The molecule has 11 heteroatoms. The predicted molar refractivity (Wildman–Crippen MR) is 99.8 cm³/mol. The number of hydrogen-bond acceptors (Lipinski definition) is 3. The van der Waals surface area contributed by atoms with E-state index in [1.54, 1.807) is 29.6 Å². The topological polar surface area (TPSA) is 75.6 Å². The number of hydrogen-bond donors (Lipinski definition) is 2. The summed E-state index contributed by atoms with van der Waals surface area (Å²) in [6.45, 7) is -0.284. The number of nitrogens with one attached hydrogen (secondary N) is 1. The number of halogens is 6. The number of carbonyl (C=O) groups is 2. The van der Waals surface area contributed by atoms with Gasteiger partial charge in [-0.25, -0.2) is 9.59 Å². The molecule has 0 spiro atoms. The highest BCUT2D eigenvalue weighted by molar-refractivity contribution is 5.81. The first-order valence-corrected chi connectivity index (χ1v) is 9.37.